The molecule has 0 aromatic heterocycles. The zero-order chi connectivity index (χ0) is 13.9. The lowest BCUT2D eigenvalue weighted by molar-refractivity contribution is 0.434. The summed E-state index contributed by atoms with van der Waals surface area (Å²) >= 11 is 9.21. The van der Waals surface area contributed by atoms with Crippen LogP contribution in [0.1, 0.15) is 27.2 Å². The van der Waals surface area contributed by atoms with E-state index in [4.69, 9.17) is 11.6 Å². The number of hydrogen-bond donors (Lipinski definition) is 1. The third-order valence-electron chi connectivity index (χ3n) is 3.02. The molecule has 0 aliphatic heterocycles. The number of benzene rings is 1. The molecule has 0 saturated heterocycles. The maximum Gasteiger partial charge on any atom is 0.242 e. The SMILES string of the molecule is CCC(C)C(C)NS(=O)(=O)c1ccc(Br)cc1Cl. The fraction of sp³-hybridized carbons (Fsp3) is 0.500. The number of sulfonamides is 1. The molecular weight excluding hydrogens is 338 g/mol. The first kappa shape index (κ1) is 16.0. The molecule has 0 fully saturated rings. The number of halogens is 2. The van der Waals surface area contributed by atoms with Crippen molar-refractivity contribution in [3.05, 3.63) is 27.7 Å². The zero-order valence-corrected chi connectivity index (χ0v) is 13.7. The highest BCUT2D eigenvalue weighted by atomic mass is 79.9. The molecule has 2 atom stereocenters. The van der Waals surface area contributed by atoms with Gasteiger partial charge in [0.25, 0.3) is 0 Å². The van der Waals surface area contributed by atoms with Crippen LogP contribution in [0.5, 0.6) is 0 Å². The second-order valence-electron chi connectivity index (χ2n) is 4.37. The highest BCUT2D eigenvalue weighted by molar-refractivity contribution is 9.10. The molecule has 1 aromatic rings. The van der Waals surface area contributed by atoms with Gasteiger partial charge in [-0.1, -0.05) is 47.8 Å². The van der Waals surface area contributed by atoms with Gasteiger partial charge in [-0.25, -0.2) is 13.1 Å². The van der Waals surface area contributed by atoms with E-state index in [2.05, 4.69) is 20.7 Å². The molecular formula is C12H17BrClNO2S. The van der Waals surface area contributed by atoms with E-state index in [1.165, 1.54) is 6.07 Å². The second kappa shape index (κ2) is 6.37. The fourth-order valence-electron chi connectivity index (χ4n) is 1.47. The van der Waals surface area contributed by atoms with Gasteiger partial charge in [0, 0.05) is 10.5 Å². The van der Waals surface area contributed by atoms with E-state index in [0.29, 0.717) is 0 Å². The molecule has 6 heteroatoms. The van der Waals surface area contributed by atoms with Crippen LogP contribution in [0.15, 0.2) is 27.6 Å². The Bertz CT molecular complexity index is 519. The Kier molecular flexibility index (Phi) is 5.65. The molecule has 2 unspecified atom stereocenters. The Morgan fingerprint density at radius 3 is 2.50 bits per heavy atom. The van der Waals surface area contributed by atoms with Crippen LogP contribution >= 0.6 is 27.5 Å². The molecule has 0 bridgehead atoms. The van der Waals surface area contributed by atoms with Gasteiger partial charge in [-0.15, -0.1) is 0 Å². The molecule has 0 heterocycles. The van der Waals surface area contributed by atoms with Crippen LogP contribution in [0, 0.1) is 5.92 Å². The summed E-state index contributed by atoms with van der Waals surface area (Å²) in [4.78, 5) is 0.113. The van der Waals surface area contributed by atoms with E-state index in [1.54, 1.807) is 12.1 Å². The summed E-state index contributed by atoms with van der Waals surface area (Å²) in [7, 11) is -3.56. The standard InChI is InChI=1S/C12H17BrClNO2S/c1-4-8(2)9(3)15-18(16,17)12-6-5-10(13)7-11(12)14/h5-9,15H,4H2,1-3H3. The molecule has 3 nitrogen and oxygen atoms in total. The van der Waals surface area contributed by atoms with E-state index in [9.17, 15) is 8.42 Å². The lowest BCUT2D eigenvalue weighted by atomic mass is 10.0. The second-order valence-corrected chi connectivity index (χ2v) is 7.38. The van der Waals surface area contributed by atoms with Crippen LogP contribution < -0.4 is 4.72 Å². The quantitative estimate of drug-likeness (QED) is 0.874. The summed E-state index contributed by atoms with van der Waals surface area (Å²) in [6, 6.07) is 4.61. The van der Waals surface area contributed by atoms with Gasteiger partial charge in [0.2, 0.25) is 10.0 Å². The Morgan fingerprint density at radius 1 is 1.39 bits per heavy atom. The summed E-state index contributed by atoms with van der Waals surface area (Å²) in [6.45, 7) is 5.90. The summed E-state index contributed by atoms with van der Waals surface area (Å²) in [6.07, 6.45) is 0.914. The predicted octanol–water partition coefficient (Wildman–Crippen LogP) is 3.82. The van der Waals surface area contributed by atoms with Crippen LogP contribution in [0.25, 0.3) is 0 Å². The molecule has 1 aromatic carbocycles. The van der Waals surface area contributed by atoms with E-state index in [0.717, 1.165) is 10.9 Å². The summed E-state index contributed by atoms with van der Waals surface area (Å²) in [5, 5.41) is 0.216. The predicted molar refractivity (Wildman–Crippen MR) is 78.4 cm³/mol. The van der Waals surface area contributed by atoms with Gasteiger partial charge >= 0.3 is 0 Å². The first-order chi connectivity index (χ1) is 8.27. The highest BCUT2D eigenvalue weighted by Crippen LogP contribution is 2.25. The maximum absolute atomic E-state index is 12.2. The van der Waals surface area contributed by atoms with E-state index in [1.807, 2.05) is 20.8 Å². The van der Waals surface area contributed by atoms with Crippen LogP contribution in [0.4, 0.5) is 0 Å². The first-order valence-electron chi connectivity index (χ1n) is 5.75. The highest BCUT2D eigenvalue weighted by Gasteiger charge is 2.22. The van der Waals surface area contributed by atoms with Gasteiger partial charge in [0.05, 0.1) is 5.02 Å². The van der Waals surface area contributed by atoms with Gasteiger partial charge in [-0.2, -0.15) is 0 Å². The van der Waals surface area contributed by atoms with Crippen molar-refractivity contribution in [3.63, 3.8) is 0 Å². The molecule has 0 saturated carbocycles. The minimum absolute atomic E-state index is 0.113. The molecule has 0 radical (unpaired) electrons. The molecule has 0 aliphatic rings. The average Bonchev–Trinajstić information content (AvgIpc) is 2.26. The van der Waals surface area contributed by atoms with Crippen molar-refractivity contribution in [2.45, 2.75) is 38.1 Å². The topological polar surface area (TPSA) is 46.2 Å². The van der Waals surface area contributed by atoms with E-state index >= 15 is 0 Å². The van der Waals surface area contributed by atoms with Crippen LogP contribution in [-0.2, 0) is 10.0 Å². The molecule has 1 N–H and O–H groups in total. The number of nitrogens with one attached hydrogen (secondary N) is 1. The number of hydrogen-bond acceptors (Lipinski definition) is 2. The maximum atomic E-state index is 12.2. The minimum Gasteiger partial charge on any atom is -0.208 e. The molecule has 0 spiro atoms. The van der Waals surface area contributed by atoms with Crippen molar-refractivity contribution in [1.29, 1.82) is 0 Å². The summed E-state index contributed by atoms with van der Waals surface area (Å²) in [5.74, 6) is 0.272. The molecule has 102 valence electrons. The van der Waals surface area contributed by atoms with Crippen LogP contribution in [0.2, 0.25) is 5.02 Å². The monoisotopic (exact) mass is 353 g/mol. The largest absolute Gasteiger partial charge is 0.242 e. The Morgan fingerprint density at radius 2 is 2.00 bits per heavy atom. The van der Waals surface area contributed by atoms with Gasteiger partial charge in [0.15, 0.2) is 0 Å². The lowest BCUT2D eigenvalue weighted by Gasteiger charge is -2.20. The average molecular weight is 355 g/mol. The van der Waals surface area contributed by atoms with Crippen molar-refractivity contribution in [3.8, 4) is 0 Å². The van der Waals surface area contributed by atoms with Crippen molar-refractivity contribution in [1.82, 2.24) is 4.72 Å². The Hall–Kier alpha value is -0.100. The van der Waals surface area contributed by atoms with E-state index < -0.39 is 10.0 Å². The molecule has 0 aliphatic carbocycles. The normalized spacial score (nSPS) is 15.4. The van der Waals surface area contributed by atoms with Gasteiger partial charge in [-0.05, 0) is 31.0 Å². The third-order valence-corrected chi connectivity index (χ3v) is 5.56. The van der Waals surface area contributed by atoms with Crippen LogP contribution in [-0.4, -0.2) is 14.5 Å². The third kappa shape index (κ3) is 3.95. The van der Waals surface area contributed by atoms with E-state index in [-0.39, 0.29) is 21.9 Å². The Balaban J connectivity index is 3.00. The molecule has 0 amide bonds. The summed E-state index contributed by atoms with van der Waals surface area (Å²) in [5.41, 5.74) is 0. The van der Waals surface area contributed by atoms with Gasteiger partial charge in [-0.3, -0.25) is 0 Å². The minimum atomic E-state index is -3.56. The van der Waals surface area contributed by atoms with Crippen LogP contribution in [0.3, 0.4) is 0 Å². The van der Waals surface area contributed by atoms with Crippen molar-refractivity contribution in [2.75, 3.05) is 0 Å². The van der Waals surface area contributed by atoms with Crippen molar-refractivity contribution >= 4 is 37.6 Å². The van der Waals surface area contributed by atoms with Crippen molar-refractivity contribution < 1.29 is 8.42 Å². The fourth-order valence-corrected chi connectivity index (χ4v) is 3.86. The smallest absolute Gasteiger partial charge is 0.208 e. The van der Waals surface area contributed by atoms with Gasteiger partial charge < -0.3 is 0 Å². The Labute approximate surface area is 122 Å². The van der Waals surface area contributed by atoms with Crippen molar-refractivity contribution in [2.24, 2.45) is 5.92 Å². The van der Waals surface area contributed by atoms with Gasteiger partial charge in [0.1, 0.15) is 4.90 Å². The zero-order valence-electron chi connectivity index (χ0n) is 10.6. The molecule has 18 heavy (non-hydrogen) atoms. The number of rotatable bonds is 5. The lowest BCUT2D eigenvalue weighted by Crippen LogP contribution is -2.36. The summed E-state index contributed by atoms with van der Waals surface area (Å²) < 4.78 is 27.8. The molecule has 1 rings (SSSR count). The first-order valence-corrected chi connectivity index (χ1v) is 8.40.